The van der Waals surface area contributed by atoms with Crippen LogP contribution in [0.3, 0.4) is 0 Å². The summed E-state index contributed by atoms with van der Waals surface area (Å²) in [5.74, 6) is -0.308. The molecule has 0 unspecified atom stereocenters. The van der Waals surface area contributed by atoms with E-state index >= 15 is 0 Å². The van der Waals surface area contributed by atoms with Gasteiger partial charge in [0.2, 0.25) is 5.91 Å². The molecular weight excluding hydrogens is 347 g/mol. The summed E-state index contributed by atoms with van der Waals surface area (Å²) in [6.07, 6.45) is 0.323. The van der Waals surface area contributed by atoms with E-state index in [1.54, 1.807) is 41.2 Å². The van der Waals surface area contributed by atoms with Crippen LogP contribution in [0.2, 0.25) is 0 Å². The van der Waals surface area contributed by atoms with Crippen molar-refractivity contribution in [2.24, 2.45) is 0 Å². The number of benzene rings is 2. The molecule has 2 amide bonds. The first kappa shape index (κ1) is 19.0. The number of rotatable bonds is 5. The van der Waals surface area contributed by atoms with Gasteiger partial charge in [-0.2, -0.15) is 0 Å². The van der Waals surface area contributed by atoms with Crippen LogP contribution in [-0.4, -0.2) is 61.5 Å². The first-order chi connectivity index (χ1) is 13.1. The van der Waals surface area contributed by atoms with Crippen LogP contribution in [0.25, 0.3) is 11.1 Å². The Balaban J connectivity index is 1.66. The van der Waals surface area contributed by atoms with Crippen LogP contribution < -0.4 is 0 Å². The molecule has 0 spiro atoms. The Morgan fingerprint density at radius 2 is 1.63 bits per heavy atom. The highest BCUT2D eigenvalue weighted by Gasteiger charge is 2.24. The second kappa shape index (κ2) is 8.77. The predicted molar refractivity (Wildman–Crippen MR) is 101 cm³/mol. The number of halogens is 1. The first-order valence-corrected chi connectivity index (χ1v) is 9.00. The summed E-state index contributed by atoms with van der Waals surface area (Å²) in [4.78, 5) is 28.4. The topological polar surface area (TPSA) is 49.9 Å². The number of nitrogens with zero attached hydrogens (tertiary/aromatic N) is 2. The van der Waals surface area contributed by atoms with Gasteiger partial charge in [0.15, 0.2) is 0 Å². The zero-order chi connectivity index (χ0) is 19.2. The Bertz CT molecular complexity index is 790. The van der Waals surface area contributed by atoms with E-state index in [0.29, 0.717) is 44.8 Å². The summed E-state index contributed by atoms with van der Waals surface area (Å²) in [5.41, 5.74) is 2.39. The molecule has 1 heterocycles. The van der Waals surface area contributed by atoms with Gasteiger partial charge >= 0.3 is 0 Å². The van der Waals surface area contributed by atoms with Crippen LogP contribution in [0.4, 0.5) is 4.39 Å². The lowest BCUT2D eigenvalue weighted by Gasteiger charge is -2.22. The number of hydrogen-bond donors (Lipinski definition) is 0. The zero-order valence-corrected chi connectivity index (χ0v) is 15.4. The van der Waals surface area contributed by atoms with Crippen molar-refractivity contribution < 1.29 is 18.7 Å². The Hall–Kier alpha value is -2.73. The van der Waals surface area contributed by atoms with Crippen molar-refractivity contribution in [3.05, 3.63) is 59.9 Å². The first-order valence-electron chi connectivity index (χ1n) is 9.00. The Kier molecular flexibility index (Phi) is 6.19. The molecule has 0 aliphatic carbocycles. The molecule has 1 aliphatic heterocycles. The molecule has 1 saturated heterocycles. The van der Waals surface area contributed by atoms with Gasteiger partial charge < -0.3 is 14.5 Å². The zero-order valence-electron chi connectivity index (χ0n) is 15.4. The largest absolute Gasteiger partial charge is 0.383 e. The minimum atomic E-state index is -0.277. The maximum Gasteiger partial charge on any atom is 0.253 e. The van der Waals surface area contributed by atoms with E-state index < -0.39 is 0 Å². The molecule has 2 aromatic carbocycles. The van der Waals surface area contributed by atoms with Gasteiger partial charge in [0, 0.05) is 45.3 Å². The van der Waals surface area contributed by atoms with E-state index in [1.807, 2.05) is 12.1 Å². The minimum Gasteiger partial charge on any atom is -0.383 e. The Morgan fingerprint density at radius 3 is 2.26 bits per heavy atom. The molecule has 1 aliphatic rings. The van der Waals surface area contributed by atoms with Gasteiger partial charge in [0.1, 0.15) is 5.82 Å². The molecule has 0 radical (unpaired) electrons. The number of hydrogen-bond acceptors (Lipinski definition) is 3. The maximum atomic E-state index is 13.1. The van der Waals surface area contributed by atoms with Crippen LogP contribution in [0.5, 0.6) is 0 Å². The molecule has 2 aromatic rings. The minimum absolute atomic E-state index is 0.0500. The second-order valence-corrected chi connectivity index (χ2v) is 6.50. The van der Waals surface area contributed by atoms with E-state index in [0.717, 1.165) is 11.1 Å². The fourth-order valence-electron chi connectivity index (χ4n) is 3.14. The van der Waals surface area contributed by atoms with Crippen LogP contribution in [0.1, 0.15) is 16.8 Å². The summed E-state index contributed by atoms with van der Waals surface area (Å²) in [7, 11) is 1.60. The van der Waals surface area contributed by atoms with Gasteiger partial charge in [-0.15, -0.1) is 0 Å². The molecule has 0 bridgehead atoms. The molecule has 0 N–H and O–H groups in total. The van der Waals surface area contributed by atoms with E-state index in [1.165, 1.54) is 12.1 Å². The van der Waals surface area contributed by atoms with Crippen molar-refractivity contribution in [1.82, 2.24) is 9.80 Å². The average Bonchev–Trinajstić information content (AvgIpc) is 2.88. The van der Waals surface area contributed by atoms with Crippen LogP contribution in [0.15, 0.2) is 48.5 Å². The van der Waals surface area contributed by atoms with Gasteiger partial charge in [-0.1, -0.05) is 24.3 Å². The van der Waals surface area contributed by atoms with E-state index in [9.17, 15) is 14.0 Å². The SMILES string of the molecule is COCCN1CCN(C(=O)c2ccc(-c3ccc(F)cc3)cc2)CCC1=O. The molecule has 0 atom stereocenters. The van der Waals surface area contributed by atoms with Gasteiger partial charge in [-0.25, -0.2) is 4.39 Å². The van der Waals surface area contributed by atoms with Crippen LogP contribution >= 0.6 is 0 Å². The van der Waals surface area contributed by atoms with E-state index in [-0.39, 0.29) is 17.6 Å². The smallest absolute Gasteiger partial charge is 0.253 e. The lowest BCUT2D eigenvalue weighted by molar-refractivity contribution is -0.130. The van der Waals surface area contributed by atoms with Crippen molar-refractivity contribution in [3.8, 4) is 11.1 Å². The molecule has 0 aromatic heterocycles. The van der Waals surface area contributed by atoms with Crippen molar-refractivity contribution >= 4 is 11.8 Å². The van der Waals surface area contributed by atoms with Crippen molar-refractivity contribution in [2.75, 3.05) is 39.9 Å². The van der Waals surface area contributed by atoms with Crippen LogP contribution in [-0.2, 0) is 9.53 Å². The van der Waals surface area contributed by atoms with Gasteiger partial charge in [-0.3, -0.25) is 9.59 Å². The molecule has 0 saturated carbocycles. The van der Waals surface area contributed by atoms with Gasteiger partial charge in [0.05, 0.1) is 6.61 Å². The quantitative estimate of drug-likeness (QED) is 0.813. The van der Waals surface area contributed by atoms with Gasteiger partial charge in [0.25, 0.3) is 5.91 Å². The molecule has 6 heteroatoms. The van der Waals surface area contributed by atoms with E-state index in [4.69, 9.17) is 4.74 Å². The Labute approximate surface area is 158 Å². The summed E-state index contributed by atoms with van der Waals surface area (Å²) >= 11 is 0. The molecule has 142 valence electrons. The number of methoxy groups -OCH3 is 1. The summed E-state index contributed by atoms with van der Waals surface area (Å²) < 4.78 is 18.1. The monoisotopic (exact) mass is 370 g/mol. The van der Waals surface area contributed by atoms with Crippen LogP contribution in [0, 0.1) is 5.82 Å². The third-order valence-corrected chi connectivity index (χ3v) is 4.75. The van der Waals surface area contributed by atoms with Crippen molar-refractivity contribution in [3.63, 3.8) is 0 Å². The average molecular weight is 370 g/mol. The fraction of sp³-hybridized carbons (Fsp3) is 0.333. The number of ether oxygens (including phenoxy) is 1. The highest BCUT2D eigenvalue weighted by Crippen LogP contribution is 2.21. The summed E-state index contributed by atoms with van der Waals surface area (Å²) in [5, 5.41) is 0. The second-order valence-electron chi connectivity index (χ2n) is 6.50. The molecule has 27 heavy (non-hydrogen) atoms. The number of amides is 2. The third-order valence-electron chi connectivity index (χ3n) is 4.75. The number of carbonyl (C=O) groups excluding carboxylic acids is 2. The lowest BCUT2D eigenvalue weighted by atomic mass is 10.0. The lowest BCUT2D eigenvalue weighted by Crippen LogP contribution is -2.37. The Morgan fingerprint density at radius 1 is 1.00 bits per heavy atom. The normalized spacial score (nSPS) is 15.0. The van der Waals surface area contributed by atoms with Crippen molar-refractivity contribution in [2.45, 2.75) is 6.42 Å². The molecule has 1 fully saturated rings. The molecule has 5 nitrogen and oxygen atoms in total. The van der Waals surface area contributed by atoms with Crippen molar-refractivity contribution in [1.29, 1.82) is 0 Å². The predicted octanol–water partition coefficient (Wildman–Crippen LogP) is 2.81. The summed E-state index contributed by atoms with van der Waals surface area (Å²) in [6.45, 7) is 2.48. The molecule has 3 rings (SSSR count). The fourth-order valence-corrected chi connectivity index (χ4v) is 3.14. The standard InChI is InChI=1S/C21H23FN2O3/c1-27-15-14-23-12-13-24(11-10-20(23)25)21(26)18-4-2-16(3-5-18)17-6-8-19(22)9-7-17/h2-9H,10-15H2,1H3. The van der Waals surface area contributed by atoms with Gasteiger partial charge in [-0.05, 0) is 35.4 Å². The highest BCUT2D eigenvalue weighted by atomic mass is 19.1. The maximum absolute atomic E-state index is 13.1. The summed E-state index contributed by atoms with van der Waals surface area (Å²) in [6, 6.07) is 13.5. The highest BCUT2D eigenvalue weighted by molar-refractivity contribution is 5.95. The number of carbonyl (C=O) groups is 2. The third kappa shape index (κ3) is 4.71. The van der Waals surface area contributed by atoms with E-state index in [2.05, 4.69) is 0 Å². The molecular formula is C21H23FN2O3.